The first kappa shape index (κ1) is 10.9. The second-order valence-electron chi connectivity index (χ2n) is 3.99. The number of hydrogen-bond donors (Lipinski definition) is 2. The zero-order valence-electron chi connectivity index (χ0n) is 9.19. The number of H-pyrrole nitrogens is 1. The van der Waals surface area contributed by atoms with Crippen molar-refractivity contribution in [1.29, 1.82) is 0 Å². The number of piperazine rings is 1. The predicted octanol–water partition coefficient (Wildman–Crippen LogP) is -0.191. The lowest BCUT2D eigenvalue weighted by atomic mass is 10.1. The Morgan fingerprint density at radius 2 is 2.31 bits per heavy atom. The Balaban J connectivity index is 2.17. The third kappa shape index (κ3) is 2.14. The zero-order chi connectivity index (χ0) is 11.5. The van der Waals surface area contributed by atoms with E-state index in [9.17, 15) is 9.59 Å². The third-order valence-corrected chi connectivity index (χ3v) is 2.79. The van der Waals surface area contributed by atoms with Crippen LogP contribution in [-0.4, -0.2) is 41.5 Å². The fraction of sp³-hybridized carbons (Fsp3) is 0.455. The molecule has 16 heavy (non-hydrogen) atoms. The van der Waals surface area contributed by atoms with Gasteiger partial charge in [0.2, 0.25) is 5.56 Å². The summed E-state index contributed by atoms with van der Waals surface area (Å²) in [5.41, 5.74) is 0.346. The largest absolute Gasteiger partial charge is 0.333 e. The first-order valence-corrected chi connectivity index (χ1v) is 5.39. The van der Waals surface area contributed by atoms with Crippen LogP contribution in [-0.2, 0) is 0 Å². The van der Waals surface area contributed by atoms with E-state index < -0.39 is 0 Å². The van der Waals surface area contributed by atoms with Crippen molar-refractivity contribution in [2.45, 2.75) is 13.0 Å². The first-order chi connectivity index (χ1) is 7.68. The summed E-state index contributed by atoms with van der Waals surface area (Å²) in [4.78, 5) is 27.3. The maximum atomic E-state index is 12.1. The van der Waals surface area contributed by atoms with E-state index in [0.717, 1.165) is 13.1 Å². The number of aromatic nitrogens is 1. The Hall–Kier alpha value is -1.62. The number of carbonyl (C=O) groups is 1. The van der Waals surface area contributed by atoms with Crippen molar-refractivity contribution in [3.05, 3.63) is 34.2 Å². The van der Waals surface area contributed by atoms with Crippen LogP contribution in [0.2, 0.25) is 0 Å². The van der Waals surface area contributed by atoms with Gasteiger partial charge in [-0.05, 0) is 13.0 Å². The maximum Gasteiger partial charge on any atom is 0.255 e. The molecule has 0 radical (unpaired) electrons. The lowest BCUT2D eigenvalue weighted by Gasteiger charge is -2.33. The summed E-state index contributed by atoms with van der Waals surface area (Å²) in [5, 5.41) is 3.23. The molecule has 5 nitrogen and oxygen atoms in total. The van der Waals surface area contributed by atoms with Crippen molar-refractivity contribution in [1.82, 2.24) is 15.2 Å². The number of carbonyl (C=O) groups excluding carboxylic acids is 1. The molecule has 0 aliphatic carbocycles. The van der Waals surface area contributed by atoms with Gasteiger partial charge < -0.3 is 15.2 Å². The molecule has 86 valence electrons. The minimum Gasteiger partial charge on any atom is -0.333 e. The van der Waals surface area contributed by atoms with Crippen LogP contribution < -0.4 is 10.9 Å². The van der Waals surface area contributed by atoms with Gasteiger partial charge in [0.15, 0.2) is 0 Å². The first-order valence-electron chi connectivity index (χ1n) is 5.39. The molecule has 2 rings (SSSR count). The van der Waals surface area contributed by atoms with Crippen LogP contribution >= 0.6 is 0 Å². The summed E-state index contributed by atoms with van der Waals surface area (Å²) in [6.07, 6.45) is 1.47. The molecule has 1 amide bonds. The van der Waals surface area contributed by atoms with Gasteiger partial charge in [-0.15, -0.1) is 0 Å². The molecule has 1 aliphatic heterocycles. The Labute approximate surface area is 93.5 Å². The molecule has 1 aliphatic rings. The molecule has 2 N–H and O–H groups in total. The van der Waals surface area contributed by atoms with E-state index in [4.69, 9.17) is 0 Å². The fourth-order valence-corrected chi connectivity index (χ4v) is 1.85. The average molecular weight is 221 g/mol. The van der Waals surface area contributed by atoms with Crippen molar-refractivity contribution in [3.63, 3.8) is 0 Å². The lowest BCUT2D eigenvalue weighted by molar-refractivity contribution is 0.0655. The Morgan fingerprint density at radius 1 is 1.50 bits per heavy atom. The maximum absolute atomic E-state index is 12.1. The molecule has 2 heterocycles. The highest BCUT2D eigenvalue weighted by atomic mass is 16.2. The molecular formula is C11H15N3O2. The van der Waals surface area contributed by atoms with Gasteiger partial charge in [-0.2, -0.15) is 0 Å². The van der Waals surface area contributed by atoms with Gasteiger partial charge in [0.25, 0.3) is 5.91 Å². The van der Waals surface area contributed by atoms with Crippen LogP contribution in [0.25, 0.3) is 0 Å². The normalized spacial score (nSPS) is 20.8. The second kappa shape index (κ2) is 4.49. The highest BCUT2D eigenvalue weighted by molar-refractivity contribution is 5.94. The minimum absolute atomic E-state index is 0.0229. The Bertz CT molecular complexity index is 421. The highest BCUT2D eigenvalue weighted by Gasteiger charge is 2.23. The van der Waals surface area contributed by atoms with Gasteiger partial charge in [0, 0.05) is 37.9 Å². The summed E-state index contributed by atoms with van der Waals surface area (Å²) < 4.78 is 0. The minimum atomic E-state index is -0.190. The number of amides is 1. The SMILES string of the molecule is CC1CNCCN1C(=O)c1ccc(=O)[nH]c1. The molecule has 5 heteroatoms. The number of hydrogen-bond acceptors (Lipinski definition) is 3. The standard InChI is InChI=1S/C11H15N3O2/c1-8-6-12-4-5-14(8)11(16)9-2-3-10(15)13-7-9/h2-3,7-8,12H,4-6H2,1H3,(H,13,15). The third-order valence-electron chi connectivity index (χ3n) is 2.79. The molecular weight excluding hydrogens is 206 g/mol. The molecule has 1 fully saturated rings. The van der Waals surface area contributed by atoms with Crippen molar-refractivity contribution >= 4 is 5.91 Å². The summed E-state index contributed by atoms with van der Waals surface area (Å²) in [5.74, 6) is -0.0229. The molecule has 0 spiro atoms. The quantitative estimate of drug-likeness (QED) is 0.690. The predicted molar refractivity (Wildman–Crippen MR) is 60.4 cm³/mol. The summed E-state index contributed by atoms with van der Waals surface area (Å²) >= 11 is 0. The van der Waals surface area contributed by atoms with E-state index in [-0.39, 0.29) is 17.5 Å². The van der Waals surface area contributed by atoms with E-state index in [1.807, 2.05) is 11.8 Å². The van der Waals surface area contributed by atoms with Gasteiger partial charge >= 0.3 is 0 Å². The highest BCUT2D eigenvalue weighted by Crippen LogP contribution is 2.08. The van der Waals surface area contributed by atoms with Crippen LogP contribution in [0, 0.1) is 0 Å². The van der Waals surface area contributed by atoms with Crippen LogP contribution in [0.5, 0.6) is 0 Å². The van der Waals surface area contributed by atoms with Crippen LogP contribution in [0.15, 0.2) is 23.1 Å². The number of rotatable bonds is 1. The fourth-order valence-electron chi connectivity index (χ4n) is 1.85. The molecule has 0 aromatic carbocycles. The number of nitrogens with one attached hydrogen (secondary N) is 2. The van der Waals surface area contributed by atoms with Crippen molar-refractivity contribution in [2.24, 2.45) is 0 Å². The second-order valence-corrected chi connectivity index (χ2v) is 3.99. The Kier molecular flexibility index (Phi) is 3.05. The topological polar surface area (TPSA) is 65.2 Å². The van der Waals surface area contributed by atoms with Gasteiger partial charge in [-0.3, -0.25) is 9.59 Å². The molecule has 1 aromatic heterocycles. The number of aromatic amines is 1. The van der Waals surface area contributed by atoms with Crippen molar-refractivity contribution < 1.29 is 4.79 Å². The number of nitrogens with zero attached hydrogens (tertiary/aromatic N) is 1. The summed E-state index contributed by atoms with van der Waals surface area (Å²) in [7, 11) is 0. The van der Waals surface area contributed by atoms with Gasteiger partial charge in [0.1, 0.15) is 0 Å². The molecule has 1 atom stereocenters. The summed E-state index contributed by atoms with van der Waals surface area (Å²) in [6, 6.07) is 3.13. The lowest BCUT2D eigenvalue weighted by Crippen LogP contribution is -2.52. The van der Waals surface area contributed by atoms with Gasteiger partial charge in [0.05, 0.1) is 5.56 Å². The Morgan fingerprint density at radius 3 is 2.94 bits per heavy atom. The molecule has 0 saturated carbocycles. The van der Waals surface area contributed by atoms with Crippen molar-refractivity contribution in [2.75, 3.05) is 19.6 Å². The molecule has 1 unspecified atom stereocenters. The number of pyridine rings is 1. The van der Waals surface area contributed by atoms with Crippen LogP contribution in [0.3, 0.4) is 0 Å². The van der Waals surface area contributed by atoms with Crippen molar-refractivity contribution in [3.8, 4) is 0 Å². The monoisotopic (exact) mass is 221 g/mol. The van der Waals surface area contributed by atoms with Gasteiger partial charge in [-0.1, -0.05) is 0 Å². The molecule has 0 bridgehead atoms. The van der Waals surface area contributed by atoms with E-state index in [2.05, 4.69) is 10.3 Å². The van der Waals surface area contributed by atoms with Crippen LogP contribution in [0.1, 0.15) is 17.3 Å². The van der Waals surface area contributed by atoms with E-state index in [0.29, 0.717) is 12.1 Å². The summed E-state index contributed by atoms with van der Waals surface area (Å²) in [6.45, 7) is 4.35. The molecule has 1 aromatic rings. The van der Waals surface area contributed by atoms with E-state index in [1.54, 1.807) is 6.07 Å². The van der Waals surface area contributed by atoms with E-state index in [1.165, 1.54) is 12.3 Å². The molecule has 1 saturated heterocycles. The zero-order valence-corrected chi connectivity index (χ0v) is 9.19. The van der Waals surface area contributed by atoms with Crippen LogP contribution in [0.4, 0.5) is 0 Å². The van der Waals surface area contributed by atoms with E-state index >= 15 is 0 Å². The van der Waals surface area contributed by atoms with Gasteiger partial charge in [-0.25, -0.2) is 0 Å². The smallest absolute Gasteiger partial charge is 0.255 e. The average Bonchev–Trinajstić information content (AvgIpc) is 2.30.